The summed E-state index contributed by atoms with van der Waals surface area (Å²) < 4.78 is 9.53. The molecule has 0 spiro atoms. The van der Waals surface area contributed by atoms with E-state index in [-0.39, 0.29) is 19.5 Å². The van der Waals surface area contributed by atoms with Gasteiger partial charge in [-0.15, -0.1) is 0 Å². The fourth-order valence-electron chi connectivity index (χ4n) is 0.724. The lowest BCUT2D eigenvalue weighted by Gasteiger charge is -2.17. The molecule has 0 aliphatic carbocycles. The van der Waals surface area contributed by atoms with E-state index in [9.17, 15) is 4.79 Å². The Labute approximate surface area is 78.3 Å². The number of amides is 2. The Morgan fingerprint density at radius 1 is 1.46 bits per heavy atom. The Morgan fingerprint density at radius 3 is 2.62 bits per heavy atom. The second-order valence-electron chi connectivity index (χ2n) is 2.28. The molecule has 0 radical (unpaired) electrons. The number of hydrogen-bond acceptors (Lipinski definition) is 3. The molecule has 5 nitrogen and oxygen atoms in total. The van der Waals surface area contributed by atoms with E-state index in [0.29, 0.717) is 0 Å². The molecule has 0 saturated heterocycles. The Balaban J connectivity index is 3.95. The molecule has 0 heterocycles. The molecule has 0 aromatic heterocycles. The molecule has 0 rings (SSSR count). The van der Waals surface area contributed by atoms with Gasteiger partial charge in [-0.3, -0.25) is 4.90 Å². The molecule has 0 unspecified atom stereocenters. The maximum Gasteiger partial charge on any atom is 0.325 e. The molecular formula is C8H16N2O3. The summed E-state index contributed by atoms with van der Waals surface area (Å²) in [6.07, 6.45) is 3.39. The number of ether oxygens (including phenoxy) is 2. The highest BCUT2D eigenvalue weighted by molar-refractivity contribution is 5.74. The molecule has 0 aliphatic heterocycles. The van der Waals surface area contributed by atoms with Crippen LogP contribution in [0.5, 0.6) is 0 Å². The van der Waals surface area contributed by atoms with E-state index in [0.717, 1.165) is 0 Å². The molecule has 1 N–H and O–H groups in total. The summed E-state index contributed by atoms with van der Waals surface area (Å²) in [6, 6.07) is -0.248. The van der Waals surface area contributed by atoms with Crippen molar-refractivity contribution in [1.29, 1.82) is 0 Å². The van der Waals surface area contributed by atoms with Gasteiger partial charge in [0.05, 0.1) is 0 Å². The first-order chi connectivity index (χ1) is 6.26. The minimum atomic E-state index is -0.248. The van der Waals surface area contributed by atoms with Crippen molar-refractivity contribution in [3.8, 4) is 0 Å². The van der Waals surface area contributed by atoms with Crippen LogP contribution in [0.1, 0.15) is 6.92 Å². The van der Waals surface area contributed by atoms with Gasteiger partial charge in [-0.2, -0.15) is 0 Å². The van der Waals surface area contributed by atoms with Gasteiger partial charge in [0.25, 0.3) is 0 Å². The summed E-state index contributed by atoms with van der Waals surface area (Å²) in [6.45, 7) is 2.24. The molecule has 0 atom stereocenters. The van der Waals surface area contributed by atoms with Crippen LogP contribution < -0.4 is 5.32 Å². The molecule has 76 valence electrons. The van der Waals surface area contributed by atoms with Crippen LogP contribution in [0.4, 0.5) is 4.79 Å². The second kappa shape index (κ2) is 7.57. The van der Waals surface area contributed by atoms with Crippen molar-refractivity contribution in [1.82, 2.24) is 10.2 Å². The molecule has 13 heavy (non-hydrogen) atoms. The predicted octanol–water partition coefficient (Wildman–Crippen LogP) is 0.739. The number of rotatable bonds is 5. The minimum absolute atomic E-state index is 0.191. The van der Waals surface area contributed by atoms with Gasteiger partial charge in [-0.1, -0.05) is 6.08 Å². The summed E-state index contributed by atoms with van der Waals surface area (Å²) in [5, 5.41) is 2.54. The van der Waals surface area contributed by atoms with Crippen LogP contribution in [-0.4, -0.2) is 38.6 Å². The van der Waals surface area contributed by atoms with E-state index in [1.807, 2.05) is 6.92 Å². The normalized spacial score (nSPS) is 10.4. The third-order valence-electron chi connectivity index (χ3n) is 1.23. The highest BCUT2D eigenvalue weighted by Gasteiger charge is 2.07. The molecular weight excluding hydrogens is 172 g/mol. The molecule has 5 heteroatoms. The van der Waals surface area contributed by atoms with E-state index < -0.39 is 0 Å². The Hall–Kier alpha value is -1.07. The van der Waals surface area contributed by atoms with Gasteiger partial charge in [0.2, 0.25) is 0 Å². The number of nitrogens with zero attached hydrogens (tertiary/aromatic N) is 1. The van der Waals surface area contributed by atoms with E-state index in [1.54, 1.807) is 12.3 Å². The Kier molecular flexibility index (Phi) is 6.95. The van der Waals surface area contributed by atoms with Gasteiger partial charge in [-0.05, 0) is 6.92 Å². The average molecular weight is 188 g/mol. The topological polar surface area (TPSA) is 50.8 Å². The van der Waals surface area contributed by atoms with Gasteiger partial charge < -0.3 is 14.8 Å². The summed E-state index contributed by atoms with van der Waals surface area (Å²) in [5.41, 5.74) is 0. The number of hydrogen-bond donors (Lipinski definition) is 1. The van der Waals surface area contributed by atoms with Crippen molar-refractivity contribution in [3.05, 3.63) is 12.3 Å². The van der Waals surface area contributed by atoms with Crippen LogP contribution in [0, 0.1) is 0 Å². The minimum Gasteiger partial charge on any atom is -0.364 e. The molecule has 0 aromatic rings. The molecule has 0 aliphatic rings. The zero-order valence-electron chi connectivity index (χ0n) is 8.24. The first-order valence-corrected chi connectivity index (χ1v) is 3.91. The smallest absolute Gasteiger partial charge is 0.325 e. The fourth-order valence-corrected chi connectivity index (χ4v) is 0.724. The van der Waals surface area contributed by atoms with Gasteiger partial charge in [0.15, 0.2) is 0 Å². The summed E-state index contributed by atoms with van der Waals surface area (Å²) in [5.74, 6) is 0. The van der Waals surface area contributed by atoms with Crippen molar-refractivity contribution in [2.45, 2.75) is 6.92 Å². The van der Waals surface area contributed by atoms with Crippen molar-refractivity contribution >= 4 is 6.03 Å². The van der Waals surface area contributed by atoms with Crippen LogP contribution in [-0.2, 0) is 9.47 Å². The maximum atomic E-state index is 11.3. The monoisotopic (exact) mass is 188 g/mol. The fraction of sp³-hybridized carbons (Fsp3) is 0.625. The highest BCUT2D eigenvalue weighted by Crippen LogP contribution is 1.91. The van der Waals surface area contributed by atoms with Crippen molar-refractivity contribution in [2.24, 2.45) is 0 Å². The highest BCUT2D eigenvalue weighted by atomic mass is 16.5. The lowest BCUT2D eigenvalue weighted by Crippen LogP contribution is -2.38. The Morgan fingerprint density at radius 2 is 2.15 bits per heavy atom. The largest absolute Gasteiger partial charge is 0.364 e. The first-order valence-electron chi connectivity index (χ1n) is 3.91. The summed E-state index contributed by atoms with van der Waals surface area (Å²) in [7, 11) is 3.04. The third-order valence-corrected chi connectivity index (χ3v) is 1.23. The van der Waals surface area contributed by atoms with Crippen LogP contribution >= 0.6 is 0 Å². The predicted molar refractivity (Wildman–Crippen MR) is 48.9 cm³/mol. The number of urea groups is 1. The zero-order valence-corrected chi connectivity index (χ0v) is 8.24. The van der Waals surface area contributed by atoms with E-state index in [4.69, 9.17) is 9.47 Å². The van der Waals surface area contributed by atoms with Crippen molar-refractivity contribution in [2.75, 3.05) is 27.7 Å². The van der Waals surface area contributed by atoms with Crippen LogP contribution in [0.25, 0.3) is 0 Å². The molecule has 2 amide bonds. The molecule has 0 aromatic carbocycles. The van der Waals surface area contributed by atoms with E-state index in [2.05, 4.69) is 5.32 Å². The lowest BCUT2D eigenvalue weighted by atomic mass is 10.6. The number of nitrogens with one attached hydrogen (secondary N) is 1. The zero-order chi connectivity index (χ0) is 10.1. The molecule has 0 fully saturated rings. The maximum absolute atomic E-state index is 11.3. The van der Waals surface area contributed by atoms with Crippen molar-refractivity contribution in [3.63, 3.8) is 0 Å². The van der Waals surface area contributed by atoms with Gasteiger partial charge in [-0.25, -0.2) is 4.79 Å². The third kappa shape index (κ3) is 5.21. The standard InChI is InChI=1S/C8H16N2O3/c1-4-5-10(7-13-3)8(11)9-6-12-2/h4-5H,6-7H2,1-3H3,(H,9,11). The average Bonchev–Trinajstić information content (AvgIpc) is 2.14. The second-order valence-corrected chi connectivity index (χ2v) is 2.28. The lowest BCUT2D eigenvalue weighted by molar-refractivity contribution is 0.100. The van der Waals surface area contributed by atoms with E-state index >= 15 is 0 Å². The van der Waals surface area contributed by atoms with E-state index in [1.165, 1.54) is 19.1 Å². The summed E-state index contributed by atoms with van der Waals surface area (Å²) in [4.78, 5) is 12.7. The van der Waals surface area contributed by atoms with Crippen LogP contribution in [0.3, 0.4) is 0 Å². The SMILES string of the molecule is CC=CN(COC)C(=O)NCOC. The summed E-state index contributed by atoms with van der Waals surface area (Å²) >= 11 is 0. The van der Waals surface area contributed by atoms with Crippen molar-refractivity contribution < 1.29 is 14.3 Å². The number of allylic oxidation sites excluding steroid dienone is 1. The quantitative estimate of drug-likeness (QED) is 0.647. The number of methoxy groups -OCH3 is 2. The number of carbonyl (C=O) groups is 1. The van der Waals surface area contributed by atoms with Crippen LogP contribution in [0.2, 0.25) is 0 Å². The molecule has 0 saturated carbocycles. The van der Waals surface area contributed by atoms with Gasteiger partial charge in [0.1, 0.15) is 13.5 Å². The van der Waals surface area contributed by atoms with Gasteiger partial charge in [0, 0.05) is 20.4 Å². The van der Waals surface area contributed by atoms with Crippen LogP contribution in [0.15, 0.2) is 12.3 Å². The Bertz CT molecular complexity index is 171. The first kappa shape index (κ1) is 11.9. The number of carbonyl (C=O) groups excluding carboxylic acids is 1. The van der Waals surface area contributed by atoms with Gasteiger partial charge >= 0.3 is 6.03 Å². The molecule has 0 bridgehead atoms.